The maximum atomic E-state index is 13.2. The zero-order chi connectivity index (χ0) is 16.6. The van der Waals surface area contributed by atoms with Gasteiger partial charge in [0, 0.05) is 5.56 Å². The van der Waals surface area contributed by atoms with Gasteiger partial charge in [0.25, 0.3) is 5.91 Å². The molecule has 2 aromatic carbocycles. The van der Waals surface area contributed by atoms with E-state index in [1.807, 2.05) is 18.2 Å². The van der Waals surface area contributed by atoms with Crippen LogP contribution in [0.3, 0.4) is 0 Å². The Hall–Kier alpha value is -2.34. The lowest BCUT2D eigenvalue weighted by Crippen LogP contribution is -2.12. The predicted molar refractivity (Wildman–Crippen MR) is 88.0 cm³/mol. The smallest absolute Gasteiger partial charge is 0.257 e. The number of halogens is 2. The second kappa shape index (κ2) is 6.04. The quantitative estimate of drug-likeness (QED) is 0.737. The van der Waals surface area contributed by atoms with E-state index in [9.17, 15) is 13.6 Å². The highest BCUT2D eigenvalue weighted by Gasteiger charge is 2.14. The molecule has 0 fully saturated rings. The molecule has 1 N–H and O–H groups in total. The van der Waals surface area contributed by atoms with Gasteiger partial charge < -0.3 is 0 Å². The summed E-state index contributed by atoms with van der Waals surface area (Å²) in [5.74, 6) is -2.24. The molecule has 118 valence electrons. The first-order valence-electron chi connectivity index (χ1n) is 7.11. The molecule has 6 heteroatoms. The number of carbonyl (C=O) groups excluding carboxylic acids is 1. The van der Waals surface area contributed by atoms with Gasteiger partial charge in [-0.15, -0.1) is 0 Å². The van der Waals surface area contributed by atoms with E-state index < -0.39 is 17.5 Å². The van der Waals surface area contributed by atoms with Crippen molar-refractivity contribution in [2.45, 2.75) is 19.8 Å². The van der Waals surface area contributed by atoms with Crippen LogP contribution in [0.2, 0.25) is 0 Å². The highest BCUT2D eigenvalue weighted by molar-refractivity contribution is 7.22. The summed E-state index contributed by atoms with van der Waals surface area (Å²) in [5, 5.41) is 3.07. The van der Waals surface area contributed by atoms with Gasteiger partial charge in [-0.1, -0.05) is 37.3 Å². The number of hydrogen-bond acceptors (Lipinski definition) is 3. The van der Waals surface area contributed by atoms with Crippen LogP contribution in [-0.4, -0.2) is 10.9 Å². The van der Waals surface area contributed by atoms with Crippen molar-refractivity contribution >= 4 is 32.6 Å². The number of anilines is 1. The van der Waals surface area contributed by atoms with Gasteiger partial charge in [-0.2, -0.15) is 0 Å². The van der Waals surface area contributed by atoms with Gasteiger partial charge in [-0.3, -0.25) is 10.1 Å². The fourth-order valence-electron chi connectivity index (χ4n) is 2.30. The number of amides is 1. The minimum atomic E-state index is -1.05. The molecule has 0 bridgehead atoms. The number of benzene rings is 2. The number of rotatable bonds is 3. The Bertz CT molecular complexity index is 889. The molecule has 1 heterocycles. The number of carbonyl (C=O) groups is 1. The number of aromatic nitrogens is 1. The zero-order valence-electron chi connectivity index (χ0n) is 12.6. The van der Waals surface area contributed by atoms with E-state index in [1.54, 1.807) is 0 Å². The van der Waals surface area contributed by atoms with Gasteiger partial charge in [0.1, 0.15) is 0 Å². The second-order valence-corrected chi connectivity index (χ2v) is 6.48. The van der Waals surface area contributed by atoms with E-state index in [0.717, 1.165) is 27.9 Å². The van der Waals surface area contributed by atoms with E-state index in [2.05, 4.69) is 24.1 Å². The van der Waals surface area contributed by atoms with Crippen LogP contribution >= 0.6 is 11.3 Å². The van der Waals surface area contributed by atoms with Gasteiger partial charge in [0.15, 0.2) is 16.8 Å². The first kappa shape index (κ1) is 15.6. The molecule has 3 nitrogen and oxygen atoms in total. The fourth-order valence-corrected chi connectivity index (χ4v) is 3.19. The normalized spacial score (nSPS) is 11.2. The minimum absolute atomic E-state index is 0.0484. The largest absolute Gasteiger partial charge is 0.298 e. The van der Waals surface area contributed by atoms with Crippen LogP contribution in [0.1, 0.15) is 35.7 Å². The summed E-state index contributed by atoms with van der Waals surface area (Å²) >= 11 is 1.35. The molecule has 3 rings (SSSR count). The van der Waals surface area contributed by atoms with Crippen LogP contribution in [0.5, 0.6) is 0 Å². The molecule has 0 aliphatic rings. The molecular formula is C17H14F2N2OS. The molecule has 0 aliphatic heterocycles. The van der Waals surface area contributed by atoms with Gasteiger partial charge in [0.2, 0.25) is 0 Å². The number of hydrogen-bond donors (Lipinski definition) is 1. The van der Waals surface area contributed by atoms with Crippen molar-refractivity contribution in [2.24, 2.45) is 0 Å². The summed E-state index contributed by atoms with van der Waals surface area (Å²) in [7, 11) is 0. The fraction of sp³-hybridized carbons (Fsp3) is 0.176. The zero-order valence-corrected chi connectivity index (χ0v) is 13.4. The molecule has 0 atom stereocenters. The number of para-hydroxylation sites is 1. The highest BCUT2D eigenvalue weighted by atomic mass is 32.1. The van der Waals surface area contributed by atoms with Crippen molar-refractivity contribution in [3.05, 3.63) is 59.2 Å². The maximum Gasteiger partial charge on any atom is 0.257 e. The van der Waals surface area contributed by atoms with Gasteiger partial charge in [-0.05, 0) is 35.7 Å². The SMILES string of the molecule is CC(C)c1cccc2sc(NC(=O)c3ccc(F)c(F)c3)nc12. The Morgan fingerprint density at radius 2 is 1.96 bits per heavy atom. The summed E-state index contributed by atoms with van der Waals surface area (Å²) in [6, 6.07) is 8.94. The Kier molecular flexibility index (Phi) is 4.09. The highest BCUT2D eigenvalue weighted by Crippen LogP contribution is 2.31. The average Bonchev–Trinajstić information content (AvgIpc) is 2.91. The van der Waals surface area contributed by atoms with Crippen molar-refractivity contribution in [2.75, 3.05) is 5.32 Å². The van der Waals surface area contributed by atoms with Crippen LogP contribution < -0.4 is 5.32 Å². The summed E-state index contributed by atoms with van der Waals surface area (Å²) in [4.78, 5) is 16.6. The molecule has 0 radical (unpaired) electrons. The average molecular weight is 332 g/mol. The first-order chi connectivity index (χ1) is 11.0. The third-order valence-electron chi connectivity index (χ3n) is 3.47. The maximum absolute atomic E-state index is 13.2. The lowest BCUT2D eigenvalue weighted by Gasteiger charge is -2.04. The monoisotopic (exact) mass is 332 g/mol. The molecule has 0 saturated heterocycles. The number of fused-ring (bicyclic) bond motifs is 1. The topological polar surface area (TPSA) is 42.0 Å². The van der Waals surface area contributed by atoms with Crippen molar-refractivity contribution in [3.63, 3.8) is 0 Å². The summed E-state index contributed by atoms with van der Waals surface area (Å²) in [5.41, 5.74) is 2.01. The van der Waals surface area contributed by atoms with Crippen LogP contribution in [0, 0.1) is 11.6 Å². The lowest BCUT2D eigenvalue weighted by molar-refractivity contribution is 0.102. The molecule has 1 amide bonds. The Balaban J connectivity index is 1.90. The standard InChI is InChI=1S/C17H14F2N2OS/c1-9(2)11-4-3-5-14-15(11)20-17(23-14)21-16(22)10-6-7-12(18)13(19)8-10/h3-9H,1-2H3,(H,20,21,22). The molecule has 0 unspecified atom stereocenters. The van der Waals surface area contributed by atoms with Gasteiger partial charge in [-0.25, -0.2) is 13.8 Å². The Labute approximate surface area is 136 Å². The van der Waals surface area contributed by atoms with E-state index in [0.29, 0.717) is 11.0 Å². The predicted octanol–water partition coefficient (Wildman–Crippen LogP) is 4.95. The van der Waals surface area contributed by atoms with E-state index in [4.69, 9.17) is 0 Å². The van der Waals surface area contributed by atoms with Crippen LogP contribution in [0.15, 0.2) is 36.4 Å². The Morgan fingerprint density at radius 3 is 2.65 bits per heavy atom. The lowest BCUT2D eigenvalue weighted by atomic mass is 10.0. The van der Waals surface area contributed by atoms with Crippen LogP contribution in [-0.2, 0) is 0 Å². The van der Waals surface area contributed by atoms with Crippen molar-refractivity contribution < 1.29 is 13.6 Å². The van der Waals surface area contributed by atoms with Crippen molar-refractivity contribution in [3.8, 4) is 0 Å². The Morgan fingerprint density at radius 1 is 1.17 bits per heavy atom. The third-order valence-corrected chi connectivity index (χ3v) is 4.41. The molecule has 0 aliphatic carbocycles. The van der Waals surface area contributed by atoms with E-state index >= 15 is 0 Å². The number of nitrogens with zero attached hydrogens (tertiary/aromatic N) is 1. The van der Waals surface area contributed by atoms with Gasteiger partial charge >= 0.3 is 0 Å². The molecule has 23 heavy (non-hydrogen) atoms. The van der Waals surface area contributed by atoms with E-state index in [1.165, 1.54) is 17.4 Å². The van der Waals surface area contributed by atoms with Crippen LogP contribution in [0.25, 0.3) is 10.2 Å². The number of nitrogens with one attached hydrogen (secondary N) is 1. The van der Waals surface area contributed by atoms with Gasteiger partial charge in [0.05, 0.1) is 10.2 Å². The van der Waals surface area contributed by atoms with E-state index in [-0.39, 0.29) is 5.56 Å². The van der Waals surface area contributed by atoms with Crippen LogP contribution in [0.4, 0.5) is 13.9 Å². The van der Waals surface area contributed by atoms with Crippen molar-refractivity contribution in [1.29, 1.82) is 0 Å². The summed E-state index contributed by atoms with van der Waals surface area (Å²) < 4.78 is 27.1. The molecule has 0 spiro atoms. The summed E-state index contributed by atoms with van der Waals surface area (Å²) in [6.45, 7) is 4.15. The minimum Gasteiger partial charge on any atom is -0.298 e. The second-order valence-electron chi connectivity index (χ2n) is 5.45. The van der Waals surface area contributed by atoms with Crippen molar-refractivity contribution in [1.82, 2.24) is 4.98 Å². The first-order valence-corrected chi connectivity index (χ1v) is 7.93. The molecule has 3 aromatic rings. The third kappa shape index (κ3) is 3.07. The molecule has 1 aromatic heterocycles. The molecule has 0 saturated carbocycles. The summed E-state index contributed by atoms with van der Waals surface area (Å²) in [6.07, 6.45) is 0. The number of thiazole rings is 1. The molecular weight excluding hydrogens is 318 g/mol.